The van der Waals surface area contributed by atoms with E-state index in [-0.39, 0.29) is 0 Å². The fraction of sp³-hybridized carbons (Fsp3) is 0.412. The summed E-state index contributed by atoms with van der Waals surface area (Å²) in [4.78, 5) is 0. The summed E-state index contributed by atoms with van der Waals surface area (Å²) < 4.78 is 33.5. The van der Waals surface area contributed by atoms with Crippen LogP contribution in [0.1, 0.15) is 42.6 Å². The SMILES string of the molecule is Cc1onc(NS(=O)(=O)C2CCCC[C]2c2ccccc2)c1C. The predicted octanol–water partition coefficient (Wildman–Crippen LogP) is 3.60. The molecule has 1 radical (unpaired) electrons. The zero-order valence-corrected chi connectivity index (χ0v) is 14.2. The van der Waals surface area contributed by atoms with E-state index >= 15 is 0 Å². The van der Waals surface area contributed by atoms with E-state index in [4.69, 9.17) is 4.52 Å². The first-order valence-electron chi connectivity index (χ1n) is 7.84. The largest absolute Gasteiger partial charge is 0.359 e. The number of sulfonamides is 1. The molecule has 1 fully saturated rings. The van der Waals surface area contributed by atoms with E-state index in [0.29, 0.717) is 18.0 Å². The smallest absolute Gasteiger partial charge is 0.237 e. The van der Waals surface area contributed by atoms with Gasteiger partial charge in [0.25, 0.3) is 0 Å². The van der Waals surface area contributed by atoms with Crippen molar-refractivity contribution in [3.63, 3.8) is 0 Å². The normalized spacial score (nSPS) is 19.7. The highest BCUT2D eigenvalue weighted by Crippen LogP contribution is 2.37. The second-order valence-electron chi connectivity index (χ2n) is 5.99. The maximum Gasteiger partial charge on any atom is 0.237 e. The van der Waals surface area contributed by atoms with Gasteiger partial charge in [-0.15, -0.1) is 0 Å². The molecular weight excluding hydrogens is 312 g/mol. The topological polar surface area (TPSA) is 72.2 Å². The highest BCUT2D eigenvalue weighted by atomic mass is 32.2. The van der Waals surface area contributed by atoms with Gasteiger partial charge in [0.15, 0.2) is 5.82 Å². The average molecular weight is 333 g/mol. The number of rotatable bonds is 4. The van der Waals surface area contributed by atoms with Gasteiger partial charge in [-0.05, 0) is 32.3 Å². The molecule has 0 amide bonds. The number of nitrogens with one attached hydrogen (secondary N) is 1. The van der Waals surface area contributed by atoms with Crippen LogP contribution in [0.3, 0.4) is 0 Å². The molecule has 3 rings (SSSR count). The van der Waals surface area contributed by atoms with Crippen LogP contribution in [0.5, 0.6) is 0 Å². The second kappa shape index (κ2) is 6.35. The van der Waals surface area contributed by atoms with Gasteiger partial charge < -0.3 is 4.52 Å². The number of benzene rings is 1. The van der Waals surface area contributed by atoms with Crippen molar-refractivity contribution in [2.75, 3.05) is 4.72 Å². The van der Waals surface area contributed by atoms with Crippen LogP contribution in [0.25, 0.3) is 0 Å². The van der Waals surface area contributed by atoms with Crippen LogP contribution in [0.2, 0.25) is 0 Å². The third kappa shape index (κ3) is 3.27. The number of aromatic nitrogens is 1. The Morgan fingerprint density at radius 2 is 1.91 bits per heavy atom. The first-order chi connectivity index (χ1) is 11.0. The molecule has 123 valence electrons. The van der Waals surface area contributed by atoms with Crippen LogP contribution in [0.15, 0.2) is 34.9 Å². The van der Waals surface area contributed by atoms with Gasteiger partial charge in [-0.2, -0.15) is 0 Å². The summed E-state index contributed by atoms with van der Waals surface area (Å²) in [7, 11) is -3.55. The van der Waals surface area contributed by atoms with Crippen molar-refractivity contribution < 1.29 is 12.9 Å². The molecule has 0 saturated heterocycles. The van der Waals surface area contributed by atoms with Gasteiger partial charge in [0.05, 0.1) is 5.25 Å². The molecule has 0 aliphatic heterocycles. The lowest BCUT2D eigenvalue weighted by Gasteiger charge is -2.30. The molecule has 1 aromatic carbocycles. The van der Waals surface area contributed by atoms with Gasteiger partial charge >= 0.3 is 0 Å². The minimum Gasteiger partial charge on any atom is -0.359 e. The molecule has 1 unspecified atom stereocenters. The maximum atomic E-state index is 12.9. The Morgan fingerprint density at radius 1 is 1.17 bits per heavy atom. The van der Waals surface area contributed by atoms with E-state index in [9.17, 15) is 8.42 Å². The molecule has 1 aromatic heterocycles. The van der Waals surface area contributed by atoms with Crippen molar-refractivity contribution >= 4 is 15.8 Å². The molecule has 0 bridgehead atoms. The van der Waals surface area contributed by atoms with Crippen molar-refractivity contribution in [1.29, 1.82) is 0 Å². The van der Waals surface area contributed by atoms with Gasteiger partial charge in [0.2, 0.25) is 10.0 Å². The monoisotopic (exact) mass is 333 g/mol. The molecule has 5 nitrogen and oxygen atoms in total. The lowest BCUT2D eigenvalue weighted by molar-refractivity contribution is 0.399. The molecule has 0 spiro atoms. The van der Waals surface area contributed by atoms with E-state index in [0.717, 1.165) is 36.3 Å². The van der Waals surface area contributed by atoms with Gasteiger partial charge in [-0.3, -0.25) is 4.72 Å². The van der Waals surface area contributed by atoms with Gasteiger partial charge in [0.1, 0.15) is 5.76 Å². The zero-order valence-electron chi connectivity index (χ0n) is 13.4. The molecule has 23 heavy (non-hydrogen) atoms. The molecule has 1 aliphatic rings. The number of nitrogens with zero attached hydrogens (tertiary/aromatic N) is 1. The van der Waals surface area contributed by atoms with Gasteiger partial charge in [-0.25, -0.2) is 8.42 Å². The molecule has 1 heterocycles. The Morgan fingerprint density at radius 3 is 2.57 bits per heavy atom. The Labute approximate surface area is 137 Å². The molecular formula is C17H21N2O3S. The molecule has 1 saturated carbocycles. The Kier molecular flexibility index (Phi) is 4.43. The molecule has 1 aliphatic carbocycles. The Hall–Kier alpha value is -1.82. The quantitative estimate of drug-likeness (QED) is 0.928. The van der Waals surface area contributed by atoms with Crippen molar-refractivity contribution in [2.45, 2.75) is 44.8 Å². The lowest BCUT2D eigenvalue weighted by Crippen LogP contribution is -2.36. The summed E-state index contributed by atoms with van der Waals surface area (Å²) in [6.07, 6.45) is 3.39. The van der Waals surface area contributed by atoms with E-state index < -0.39 is 15.3 Å². The van der Waals surface area contributed by atoms with Crippen molar-refractivity contribution in [3.8, 4) is 0 Å². The highest BCUT2D eigenvalue weighted by Gasteiger charge is 2.37. The van der Waals surface area contributed by atoms with Crippen LogP contribution in [0, 0.1) is 19.8 Å². The van der Waals surface area contributed by atoms with E-state index in [1.54, 1.807) is 13.8 Å². The minimum absolute atomic E-state index is 0.292. The van der Waals surface area contributed by atoms with Gasteiger partial charge in [0, 0.05) is 11.5 Å². The van der Waals surface area contributed by atoms with Crippen molar-refractivity contribution in [1.82, 2.24) is 5.16 Å². The van der Waals surface area contributed by atoms with E-state index in [1.165, 1.54) is 0 Å². The highest BCUT2D eigenvalue weighted by molar-refractivity contribution is 7.93. The first-order valence-corrected chi connectivity index (χ1v) is 9.39. The zero-order chi connectivity index (χ0) is 16.4. The third-order valence-electron chi connectivity index (χ3n) is 4.47. The Balaban J connectivity index is 1.89. The lowest BCUT2D eigenvalue weighted by atomic mass is 9.83. The van der Waals surface area contributed by atoms with Crippen LogP contribution in [-0.4, -0.2) is 18.8 Å². The van der Waals surface area contributed by atoms with Gasteiger partial charge in [-0.1, -0.05) is 48.3 Å². The fourth-order valence-corrected chi connectivity index (χ4v) is 4.73. The maximum absolute atomic E-state index is 12.9. The number of aryl methyl sites for hydroxylation is 1. The second-order valence-corrected chi connectivity index (χ2v) is 7.85. The molecule has 1 atom stereocenters. The first kappa shape index (κ1) is 16.1. The van der Waals surface area contributed by atoms with Crippen LogP contribution in [0.4, 0.5) is 5.82 Å². The van der Waals surface area contributed by atoms with E-state index in [2.05, 4.69) is 9.88 Å². The van der Waals surface area contributed by atoms with Crippen molar-refractivity contribution in [3.05, 3.63) is 53.1 Å². The standard InChI is InChI=1S/C17H21N2O3S/c1-12-13(2)22-18-17(12)19-23(20,21)16-11-7-6-10-15(16)14-8-4-3-5-9-14/h3-5,8-9,16H,6-7,10-11H2,1-2H3,(H,18,19). The van der Waals surface area contributed by atoms with Crippen molar-refractivity contribution in [2.24, 2.45) is 0 Å². The molecule has 2 aromatic rings. The summed E-state index contributed by atoms with van der Waals surface area (Å²) >= 11 is 0. The molecule has 6 heteroatoms. The molecule has 1 N–H and O–H groups in total. The summed E-state index contributed by atoms with van der Waals surface area (Å²) in [5.74, 6) is 1.90. The third-order valence-corrected chi connectivity index (χ3v) is 6.21. The van der Waals surface area contributed by atoms with Crippen LogP contribution in [-0.2, 0) is 10.0 Å². The predicted molar refractivity (Wildman–Crippen MR) is 89.6 cm³/mol. The minimum atomic E-state index is -3.55. The number of hydrogen-bond acceptors (Lipinski definition) is 4. The van der Waals surface area contributed by atoms with Crippen LogP contribution < -0.4 is 4.72 Å². The summed E-state index contributed by atoms with van der Waals surface area (Å²) in [5.41, 5.74) is 1.74. The fourth-order valence-electron chi connectivity index (χ4n) is 3.02. The Bertz CT molecular complexity index is 768. The summed E-state index contributed by atoms with van der Waals surface area (Å²) in [6, 6.07) is 9.79. The average Bonchev–Trinajstić information content (AvgIpc) is 2.87. The van der Waals surface area contributed by atoms with E-state index in [1.807, 2.05) is 30.3 Å². The summed E-state index contributed by atoms with van der Waals surface area (Å²) in [5, 5.41) is 3.30. The van der Waals surface area contributed by atoms with Crippen LogP contribution >= 0.6 is 0 Å². The number of anilines is 1. The summed E-state index contributed by atoms with van der Waals surface area (Å²) in [6.45, 7) is 3.56. The number of hydrogen-bond donors (Lipinski definition) is 1.